The zero-order valence-electron chi connectivity index (χ0n) is 13.0. The Balaban J connectivity index is 2.08. The van der Waals surface area contributed by atoms with Crippen LogP contribution < -0.4 is 4.74 Å². The van der Waals surface area contributed by atoms with Crippen molar-refractivity contribution in [1.82, 2.24) is 9.78 Å². The minimum Gasteiger partial charge on any atom is -0.406 e. The zero-order chi connectivity index (χ0) is 18.7. The number of nitrogens with zero attached hydrogens (tertiary/aromatic N) is 2. The van der Waals surface area contributed by atoms with Crippen LogP contribution in [0, 0.1) is 0 Å². The maximum atomic E-state index is 12.5. The minimum absolute atomic E-state index is 0.00606. The number of alkyl halides is 3. The highest BCUT2D eigenvalue weighted by Gasteiger charge is 2.31. The Labute approximate surface area is 157 Å². The Kier molecular flexibility index (Phi) is 5.25. The van der Waals surface area contributed by atoms with Gasteiger partial charge in [0, 0.05) is 11.6 Å². The lowest BCUT2D eigenvalue weighted by atomic mass is 10.1. The maximum absolute atomic E-state index is 12.5. The molecule has 3 aromatic rings. The lowest BCUT2D eigenvalue weighted by Gasteiger charge is -2.11. The topological polar surface area (TPSA) is 27.1 Å². The third kappa shape index (κ3) is 4.59. The fourth-order valence-corrected chi connectivity index (χ4v) is 2.60. The molecule has 1 aromatic heterocycles. The van der Waals surface area contributed by atoms with E-state index in [-0.39, 0.29) is 10.2 Å². The summed E-state index contributed by atoms with van der Waals surface area (Å²) >= 11 is 11.5. The van der Waals surface area contributed by atoms with Crippen molar-refractivity contribution in [2.24, 2.45) is 0 Å². The molecule has 0 unspecified atom stereocenters. The Morgan fingerprint density at radius 1 is 1.00 bits per heavy atom. The van der Waals surface area contributed by atoms with E-state index in [2.05, 4.69) is 9.84 Å². The van der Waals surface area contributed by atoms with Gasteiger partial charge in [-0.25, -0.2) is 4.68 Å². The van der Waals surface area contributed by atoms with Gasteiger partial charge in [0.2, 0.25) is 0 Å². The molecular weight excluding hydrogens is 388 g/mol. The first-order valence-corrected chi connectivity index (χ1v) is 8.12. The molecule has 0 fully saturated rings. The van der Waals surface area contributed by atoms with E-state index in [0.717, 1.165) is 5.56 Å². The molecule has 0 radical (unpaired) electrons. The van der Waals surface area contributed by atoms with E-state index in [1.54, 1.807) is 12.1 Å². The van der Waals surface area contributed by atoms with Crippen molar-refractivity contribution in [2.75, 3.05) is 0 Å². The quantitative estimate of drug-likeness (QED) is 0.521. The normalized spacial score (nSPS) is 11.3. The van der Waals surface area contributed by atoms with E-state index in [1.165, 1.54) is 29.0 Å². The number of benzene rings is 2. The lowest BCUT2D eigenvalue weighted by Crippen LogP contribution is -2.17. The first-order chi connectivity index (χ1) is 12.3. The van der Waals surface area contributed by atoms with Crippen molar-refractivity contribution < 1.29 is 17.9 Å². The second-order valence-corrected chi connectivity index (χ2v) is 6.22. The number of halogens is 5. The van der Waals surface area contributed by atoms with Crippen molar-refractivity contribution in [2.45, 2.75) is 6.36 Å². The predicted molar refractivity (Wildman–Crippen MR) is 95.4 cm³/mol. The molecule has 0 N–H and O–H groups in total. The number of ether oxygens (including phenoxy) is 1. The SMILES string of the molecule is FC(F)(F)Oc1cccc(-n2nc(-c3ccccc3)cc2C=C(Cl)Cl)c1. The number of aromatic nitrogens is 2. The van der Waals surface area contributed by atoms with Crippen LogP contribution in [-0.2, 0) is 0 Å². The second kappa shape index (κ2) is 7.43. The molecule has 0 saturated heterocycles. The fraction of sp³-hybridized carbons (Fsp3) is 0.0556. The van der Waals surface area contributed by atoms with Gasteiger partial charge in [-0.05, 0) is 24.3 Å². The van der Waals surface area contributed by atoms with Crippen LogP contribution in [0.4, 0.5) is 13.2 Å². The van der Waals surface area contributed by atoms with Crippen molar-refractivity contribution in [1.29, 1.82) is 0 Å². The van der Waals surface area contributed by atoms with Gasteiger partial charge in [-0.2, -0.15) is 5.10 Å². The summed E-state index contributed by atoms with van der Waals surface area (Å²) < 4.78 is 42.8. The molecule has 0 bridgehead atoms. The predicted octanol–water partition coefficient (Wildman–Crippen LogP) is 6.21. The smallest absolute Gasteiger partial charge is 0.406 e. The standard InChI is InChI=1S/C18H11Cl2F3N2O/c19-17(20)11-14-10-16(12-5-2-1-3-6-12)24-25(14)13-7-4-8-15(9-13)26-18(21,22)23/h1-11H. The third-order valence-electron chi connectivity index (χ3n) is 3.36. The Hall–Kier alpha value is -2.44. The van der Waals surface area contributed by atoms with Crippen molar-refractivity contribution in [3.05, 3.63) is 70.8 Å². The van der Waals surface area contributed by atoms with Crippen LogP contribution in [0.1, 0.15) is 5.69 Å². The largest absolute Gasteiger partial charge is 0.573 e. The highest BCUT2D eigenvalue weighted by Crippen LogP contribution is 2.28. The van der Waals surface area contributed by atoms with E-state index in [0.29, 0.717) is 17.1 Å². The van der Waals surface area contributed by atoms with Crippen molar-refractivity contribution in [3.63, 3.8) is 0 Å². The lowest BCUT2D eigenvalue weighted by molar-refractivity contribution is -0.274. The van der Waals surface area contributed by atoms with Gasteiger partial charge < -0.3 is 4.74 Å². The third-order valence-corrected chi connectivity index (χ3v) is 3.58. The van der Waals surface area contributed by atoms with Crippen LogP contribution in [0.2, 0.25) is 0 Å². The van der Waals surface area contributed by atoms with E-state index in [4.69, 9.17) is 23.2 Å². The molecule has 3 rings (SSSR count). The summed E-state index contributed by atoms with van der Waals surface area (Å²) in [6, 6.07) is 16.5. The van der Waals surface area contributed by atoms with Gasteiger partial charge in [0.1, 0.15) is 10.2 Å². The number of hydrogen-bond donors (Lipinski definition) is 0. The average molecular weight is 399 g/mol. The Bertz CT molecular complexity index is 933. The average Bonchev–Trinajstić information content (AvgIpc) is 2.97. The van der Waals surface area contributed by atoms with Crippen LogP contribution >= 0.6 is 23.2 Å². The summed E-state index contributed by atoms with van der Waals surface area (Å²) in [7, 11) is 0. The van der Waals surface area contributed by atoms with Gasteiger partial charge in [-0.15, -0.1) is 13.2 Å². The molecule has 1 heterocycles. The number of hydrogen-bond acceptors (Lipinski definition) is 2. The summed E-state index contributed by atoms with van der Waals surface area (Å²) in [5.41, 5.74) is 2.34. The van der Waals surface area contributed by atoms with Gasteiger partial charge in [0.25, 0.3) is 0 Å². The summed E-state index contributed by atoms with van der Waals surface area (Å²) in [5, 5.41) is 4.46. The molecule has 134 valence electrons. The molecule has 0 amide bonds. The molecule has 0 aliphatic carbocycles. The molecule has 8 heteroatoms. The summed E-state index contributed by atoms with van der Waals surface area (Å²) in [6.45, 7) is 0. The van der Waals surface area contributed by atoms with Crippen LogP contribution in [-0.4, -0.2) is 16.1 Å². The Morgan fingerprint density at radius 3 is 2.38 bits per heavy atom. The molecule has 0 saturated carbocycles. The minimum atomic E-state index is -4.78. The van der Waals surface area contributed by atoms with E-state index < -0.39 is 6.36 Å². The zero-order valence-corrected chi connectivity index (χ0v) is 14.6. The first kappa shape index (κ1) is 18.4. The van der Waals surface area contributed by atoms with Gasteiger partial charge in [-0.1, -0.05) is 59.6 Å². The van der Waals surface area contributed by atoms with Crippen molar-refractivity contribution >= 4 is 29.3 Å². The summed E-state index contributed by atoms with van der Waals surface area (Å²) in [6.07, 6.45) is -3.32. The molecule has 0 aliphatic rings. The monoisotopic (exact) mass is 398 g/mol. The molecule has 0 aliphatic heterocycles. The molecule has 2 aromatic carbocycles. The molecule has 0 spiro atoms. The van der Waals surface area contributed by atoms with Gasteiger partial charge in [-0.3, -0.25) is 0 Å². The highest BCUT2D eigenvalue weighted by molar-refractivity contribution is 6.57. The van der Waals surface area contributed by atoms with Crippen LogP contribution in [0.3, 0.4) is 0 Å². The maximum Gasteiger partial charge on any atom is 0.573 e. The van der Waals surface area contributed by atoms with Crippen LogP contribution in [0.5, 0.6) is 5.75 Å². The van der Waals surface area contributed by atoms with Crippen LogP contribution in [0.25, 0.3) is 23.0 Å². The fourth-order valence-electron chi connectivity index (χ4n) is 2.38. The number of rotatable bonds is 4. The molecule has 26 heavy (non-hydrogen) atoms. The molecule has 0 atom stereocenters. The van der Waals surface area contributed by atoms with Gasteiger partial charge >= 0.3 is 6.36 Å². The summed E-state index contributed by atoms with van der Waals surface area (Å²) in [4.78, 5) is 0. The van der Waals surface area contributed by atoms with E-state index in [1.807, 2.05) is 30.3 Å². The van der Waals surface area contributed by atoms with Crippen LogP contribution in [0.15, 0.2) is 65.2 Å². The Morgan fingerprint density at radius 2 is 1.73 bits per heavy atom. The summed E-state index contributed by atoms with van der Waals surface area (Å²) in [5.74, 6) is -0.348. The van der Waals surface area contributed by atoms with E-state index >= 15 is 0 Å². The second-order valence-electron chi connectivity index (χ2n) is 5.21. The highest BCUT2D eigenvalue weighted by atomic mass is 35.5. The van der Waals surface area contributed by atoms with Gasteiger partial charge in [0.05, 0.1) is 17.1 Å². The van der Waals surface area contributed by atoms with Crippen molar-refractivity contribution in [3.8, 4) is 22.7 Å². The molecular formula is C18H11Cl2F3N2O. The molecule has 3 nitrogen and oxygen atoms in total. The first-order valence-electron chi connectivity index (χ1n) is 7.36. The van der Waals surface area contributed by atoms with Gasteiger partial charge in [0.15, 0.2) is 0 Å². The van der Waals surface area contributed by atoms with E-state index in [9.17, 15) is 13.2 Å².